The molecule has 0 amide bonds. The summed E-state index contributed by atoms with van der Waals surface area (Å²) in [7, 11) is 1.88. The van der Waals surface area contributed by atoms with Crippen molar-refractivity contribution in [1.29, 1.82) is 0 Å². The third-order valence-electron chi connectivity index (χ3n) is 2.96. The Kier molecular flexibility index (Phi) is 3.85. The van der Waals surface area contributed by atoms with Gasteiger partial charge in [0.2, 0.25) is 0 Å². The van der Waals surface area contributed by atoms with Crippen LogP contribution in [0.15, 0.2) is 10.7 Å². The van der Waals surface area contributed by atoms with E-state index in [4.69, 9.17) is 9.15 Å². The quantitative estimate of drug-likeness (QED) is 0.931. The predicted molar refractivity (Wildman–Crippen MR) is 75.9 cm³/mol. The summed E-state index contributed by atoms with van der Waals surface area (Å²) in [6, 6.07) is 0. The van der Waals surface area contributed by atoms with E-state index in [0.29, 0.717) is 12.3 Å². The van der Waals surface area contributed by atoms with Crippen LogP contribution in [-0.4, -0.2) is 20.3 Å². The molecule has 0 fully saturated rings. The van der Waals surface area contributed by atoms with Crippen LogP contribution in [0.3, 0.4) is 0 Å². The summed E-state index contributed by atoms with van der Waals surface area (Å²) in [4.78, 5) is 4.31. The minimum absolute atomic E-state index is 0.0382. The lowest BCUT2D eigenvalue weighted by atomic mass is 10.1. The first-order valence-electron chi connectivity index (χ1n) is 6.64. The predicted octanol–water partition coefficient (Wildman–Crippen LogP) is 2.71. The Bertz CT molecular complexity index is 593. The van der Waals surface area contributed by atoms with Crippen molar-refractivity contribution in [2.75, 3.05) is 0 Å². The van der Waals surface area contributed by atoms with Crippen LogP contribution < -0.4 is 10.1 Å². The number of ether oxygens (including phenoxy) is 1. The van der Waals surface area contributed by atoms with Gasteiger partial charge in [-0.2, -0.15) is 10.1 Å². The third kappa shape index (κ3) is 3.39. The van der Waals surface area contributed by atoms with Gasteiger partial charge in [0.15, 0.2) is 5.75 Å². The molecule has 0 saturated heterocycles. The molecular formula is C14H22N4O2. The summed E-state index contributed by atoms with van der Waals surface area (Å²) in [6.07, 6.45) is 1.85. The van der Waals surface area contributed by atoms with Gasteiger partial charge in [-0.15, -0.1) is 0 Å². The summed E-state index contributed by atoms with van der Waals surface area (Å²) in [5.74, 6) is 0.699. The Morgan fingerprint density at radius 3 is 2.60 bits per heavy atom. The van der Waals surface area contributed by atoms with Crippen LogP contribution in [0.25, 0.3) is 0 Å². The molecule has 2 heterocycles. The van der Waals surface area contributed by atoms with E-state index in [2.05, 4.69) is 36.2 Å². The second-order valence-electron chi connectivity index (χ2n) is 5.93. The molecule has 0 aliphatic heterocycles. The lowest BCUT2D eigenvalue weighted by Crippen LogP contribution is -2.35. The van der Waals surface area contributed by atoms with Gasteiger partial charge in [-0.3, -0.25) is 4.68 Å². The van der Waals surface area contributed by atoms with E-state index in [1.54, 1.807) is 10.9 Å². The first-order valence-corrected chi connectivity index (χ1v) is 6.64. The number of nitrogens with zero attached hydrogens (tertiary/aromatic N) is 3. The van der Waals surface area contributed by atoms with Crippen molar-refractivity contribution in [1.82, 2.24) is 20.1 Å². The average Bonchev–Trinajstić information content (AvgIpc) is 2.87. The first kappa shape index (κ1) is 14.6. The minimum Gasteiger partial charge on any atom is -0.417 e. The molecule has 2 rings (SSSR count). The van der Waals surface area contributed by atoms with Crippen LogP contribution in [0, 0.1) is 13.8 Å². The lowest BCUT2D eigenvalue weighted by molar-refractivity contribution is 0.327. The van der Waals surface area contributed by atoms with E-state index in [9.17, 15) is 0 Å². The number of hydrogen-bond acceptors (Lipinski definition) is 5. The zero-order valence-corrected chi connectivity index (χ0v) is 12.9. The molecule has 0 aliphatic carbocycles. The van der Waals surface area contributed by atoms with Crippen molar-refractivity contribution in [3.05, 3.63) is 23.3 Å². The van der Waals surface area contributed by atoms with Crippen molar-refractivity contribution in [2.24, 2.45) is 7.05 Å². The van der Waals surface area contributed by atoms with E-state index in [-0.39, 0.29) is 11.6 Å². The molecule has 0 unspecified atom stereocenters. The SMILES string of the molecule is Cc1nn(C)c(C)c1Oc1nc(CNC(C)(C)C)co1. The van der Waals surface area contributed by atoms with Gasteiger partial charge in [-0.05, 0) is 34.6 Å². The molecule has 0 radical (unpaired) electrons. The molecule has 2 aromatic heterocycles. The van der Waals surface area contributed by atoms with Gasteiger partial charge in [-0.1, -0.05) is 0 Å². The van der Waals surface area contributed by atoms with Crippen molar-refractivity contribution in [3.63, 3.8) is 0 Å². The summed E-state index contributed by atoms with van der Waals surface area (Å²) in [5.41, 5.74) is 2.61. The van der Waals surface area contributed by atoms with Crippen LogP contribution in [-0.2, 0) is 13.6 Å². The van der Waals surface area contributed by atoms with Gasteiger partial charge in [0.05, 0.1) is 11.4 Å². The maximum Gasteiger partial charge on any atom is 0.399 e. The van der Waals surface area contributed by atoms with Gasteiger partial charge < -0.3 is 14.5 Å². The highest BCUT2D eigenvalue weighted by molar-refractivity contribution is 5.33. The number of aryl methyl sites for hydroxylation is 2. The zero-order valence-electron chi connectivity index (χ0n) is 12.9. The van der Waals surface area contributed by atoms with E-state index < -0.39 is 0 Å². The minimum atomic E-state index is 0.0382. The molecule has 1 N–H and O–H groups in total. The van der Waals surface area contributed by atoms with E-state index in [1.807, 2.05) is 20.9 Å². The number of nitrogens with one attached hydrogen (secondary N) is 1. The molecule has 110 valence electrons. The van der Waals surface area contributed by atoms with Crippen molar-refractivity contribution >= 4 is 0 Å². The summed E-state index contributed by atoms with van der Waals surface area (Å²) in [6.45, 7) is 10.8. The van der Waals surface area contributed by atoms with E-state index in [1.165, 1.54) is 0 Å². The third-order valence-corrected chi connectivity index (χ3v) is 2.96. The van der Waals surface area contributed by atoms with Crippen molar-refractivity contribution in [2.45, 2.75) is 46.7 Å². The second-order valence-corrected chi connectivity index (χ2v) is 5.93. The smallest absolute Gasteiger partial charge is 0.399 e. The molecule has 0 spiro atoms. The Morgan fingerprint density at radius 2 is 2.05 bits per heavy atom. The van der Waals surface area contributed by atoms with Crippen LogP contribution in [0.2, 0.25) is 0 Å². The van der Waals surface area contributed by atoms with E-state index >= 15 is 0 Å². The van der Waals surface area contributed by atoms with Gasteiger partial charge in [-0.25, -0.2) is 0 Å². The Hall–Kier alpha value is -1.82. The topological polar surface area (TPSA) is 65.1 Å². The van der Waals surface area contributed by atoms with Gasteiger partial charge in [0.1, 0.15) is 12.0 Å². The average molecular weight is 278 g/mol. The van der Waals surface area contributed by atoms with Gasteiger partial charge in [0.25, 0.3) is 0 Å². The summed E-state index contributed by atoms with van der Waals surface area (Å²) >= 11 is 0. The number of rotatable bonds is 4. The summed E-state index contributed by atoms with van der Waals surface area (Å²) in [5, 5.41) is 7.64. The fraction of sp³-hybridized carbons (Fsp3) is 0.571. The highest BCUT2D eigenvalue weighted by Gasteiger charge is 2.16. The number of hydrogen-bond donors (Lipinski definition) is 1. The highest BCUT2D eigenvalue weighted by Crippen LogP contribution is 2.27. The van der Waals surface area contributed by atoms with Crippen LogP contribution >= 0.6 is 0 Å². The number of oxazole rings is 1. The monoisotopic (exact) mass is 278 g/mol. The molecule has 2 aromatic rings. The molecule has 6 heteroatoms. The summed E-state index contributed by atoms with van der Waals surface area (Å²) < 4.78 is 12.8. The second kappa shape index (κ2) is 5.28. The Labute approximate surface area is 119 Å². The van der Waals surface area contributed by atoms with Gasteiger partial charge in [0, 0.05) is 19.1 Å². The molecule has 6 nitrogen and oxygen atoms in total. The molecule has 0 bridgehead atoms. The number of aromatic nitrogens is 3. The standard InChI is InChI=1S/C14H22N4O2/c1-9-12(10(2)18(6)17-9)20-13-16-11(8-19-13)7-15-14(3,4)5/h8,15H,7H2,1-6H3. The molecule has 0 atom stereocenters. The maximum atomic E-state index is 5.68. The fourth-order valence-corrected chi connectivity index (χ4v) is 1.76. The van der Waals surface area contributed by atoms with Crippen LogP contribution in [0.5, 0.6) is 11.8 Å². The molecular weight excluding hydrogens is 256 g/mol. The molecule has 20 heavy (non-hydrogen) atoms. The van der Waals surface area contributed by atoms with Crippen molar-refractivity contribution in [3.8, 4) is 11.8 Å². The molecule has 0 aliphatic rings. The lowest BCUT2D eigenvalue weighted by Gasteiger charge is -2.19. The Balaban J connectivity index is 2.06. The maximum absolute atomic E-state index is 5.68. The van der Waals surface area contributed by atoms with Crippen molar-refractivity contribution < 1.29 is 9.15 Å². The van der Waals surface area contributed by atoms with Crippen LogP contribution in [0.1, 0.15) is 37.9 Å². The largest absolute Gasteiger partial charge is 0.417 e. The first-order chi connectivity index (χ1) is 9.26. The fourth-order valence-electron chi connectivity index (χ4n) is 1.76. The van der Waals surface area contributed by atoms with Gasteiger partial charge >= 0.3 is 6.08 Å². The normalized spacial score (nSPS) is 11.9. The highest BCUT2D eigenvalue weighted by atomic mass is 16.6. The Morgan fingerprint density at radius 1 is 1.35 bits per heavy atom. The zero-order chi connectivity index (χ0) is 14.9. The van der Waals surface area contributed by atoms with E-state index in [0.717, 1.165) is 17.1 Å². The molecule has 0 aromatic carbocycles. The molecule has 0 saturated carbocycles. The van der Waals surface area contributed by atoms with Crippen LogP contribution in [0.4, 0.5) is 0 Å².